The average Bonchev–Trinajstić information content (AvgIpc) is 2.88. The van der Waals surface area contributed by atoms with Crippen molar-refractivity contribution in [2.45, 2.75) is 23.8 Å². The summed E-state index contributed by atoms with van der Waals surface area (Å²) in [7, 11) is -4.13. The number of benzene rings is 1. The van der Waals surface area contributed by atoms with Crippen LogP contribution in [-0.2, 0) is 14.8 Å². The predicted molar refractivity (Wildman–Crippen MR) is 140 cm³/mol. The number of carbonyl (C=O) groups is 2. The monoisotopic (exact) mass is 544 g/mol. The van der Waals surface area contributed by atoms with Crippen LogP contribution >= 0.6 is 0 Å². The topological polar surface area (TPSA) is 208 Å². The number of aliphatic imine (C=N–C) groups is 1. The third-order valence-electron chi connectivity index (χ3n) is 5.27. The maximum Gasteiger partial charge on any atom is 0.323 e. The van der Waals surface area contributed by atoms with Crippen molar-refractivity contribution < 1.29 is 27.9 Å². The number of carbonyl (C=O) groups excluding carboxylic acids is 1. The molecule has 0 aliphatic rings. The predicted octanol–water partition coefficient (Wildman–Crippen LogP) is -0.107. The van der Waals surface area contributed by atoms with Gasteiger partial charge in [0.1, 0.15) is 11.8 Å². The van der Waals surface area contributed by atoms with Gasteiger partial charge in [0.05, 0.1) is 17.7 Å². The lowest BCUT2D eigenvalue weighted by molar-refractivity contribution is -0.138. The molecule has 7 N–H and O–H groups in total. The van der Waals surface area contributed by atoms with E-state index in [9.17, 15) is 27.9 Å². The Morgan fingerprint density at radius 2 is 1.82 bits per heavy atom. The van der Waals surface area contributed by atoms with Crippen molar-refractivity contribution in [2.24, 2.45) is 16.5 Å². The molecule has 38 heavy (non-hydrogen) atoms. The number of nitrogens with one attached hydrogen (secondary N) is 2. The number of nitrogens with two attached hydrogens (primary N) is 2. The van der Waals surface area contributed by atoms with Crippen molar-refractivity contribution in [3.05, 3.63) is 76.7 Å². The normalized spacial score (nSPS) is 12.0. The SMILES string of the molecule is NC(N)=NCCCCOc1ccc2cc(C(=O)NC[C@H](NS(=O)(=O)c3ccccc3)C(=O)O)cc(=O)n2c1. The first-order chi connectivity index (χ1) is 18.1. The van der Waals surface area contributed by atoms with Gasteiger partial charge in [-0.3, -0.25) is 23.8 Å². The van der Waals surface area contributed by atoms with Crippen LogP contribution in [0.1, 0.15) is 23.2 Å². The largest absolute Gasteiger partial charge is 0.492 e. The zero-order valence-electron chi connectivity index (χ0n) is 20.2. The lowest BCUT2D eigenvalue weighted by atomic mass is 10.2. The lowest BCUT2D eigenvalue weighted by Crippen LogP contribution is -2.48. The van der Waals surface area contributed by atoms with Crippen LogP contribution in [0.4, 0.5) is 0 Å². The number of ether oxygens (including phenoxy) is 1. The molecule has 0 aliphatic heterocycles. The van der Waals surface area contributed by atoms with Gasteiger partial charge in [0.2, 0.25) is 10.0 Å². The molecular weight excluding hydrogens is 516 g/mol. The zero-order chi connectivity index (χ0) is 27.7. The Morgan fingerprint density at radius 1 is 1.08 bits per heavy atom. The molecule has 1 amide bonds. The van der Waals surface area contributed by atoms with Gasteiger partial charge in [-0.2, -0.15) is 4.72 Å². The van der Waals surface area contributed by atoms with E-state index >= 15 is 0 Å². The van der Waals surface area contributed by atoms with Gasteiger partial charge in [0, 0.05) is 30.2 Å². The van der Waals surface area contributed by atoms with E-state index in [4.69, 9.17) is 16.2 Å². The maximum absolute atomic E-state index is 12.7. The van der Waals surface area contributed by atoms with E-state index in [-0.39, 0.29) is 16.4 Å². The Balaban J connectivity index is 1.64. The van der Waals surface area contributed by atoms with Crippen molar-refractivity contribution in [3.8, 4) is 5.75 Å². The summed E-state index contributed by atoms with van der Waals surface area (Å²) in [6.07, 6.45) is 2.91. The highest BCUT2D eigenvalue weighted by Gasteiger charge is 2.26. The summed E-state index contributed by atoms with van der Waals surface area (Å²) < 4.78 is 33.9. The third-order valence-corrected chi connectivity index (χ3v) is 6.75. The van der Waals surface area contributed by atoms with Crippen molar-refractivity contribution in [2.75, 3.05) is 19.7 Å². The molecule has 3 aromatic rings. The molecule has 0 fully saturated rings. The average molecular weight is 545 g/mol. The first kappa shape index (κ1) is 28.1. The molecule has 0 bridgehead atoms. The van der Waals surface area contributed by atoms with Gasteiger partial charge in [0.25, 0.3) is 11.5 Å². The number of hydrogen-bond acceptors (Lipinski definition) is 7. The summed E-state index contributed by atoms with van der Waals surface area (Å²) in [6.45, 7) is 0.328. The molecule has 2 aromatic heterocycles. The quantitative estimate of drug-likeness (QED) is 0.110. The molecule has 1 atom stereocenters. The number of amides is 1. The molecule has 0 radical (unpaired) electrons. The number of sulfonamides is 1. The van der Waals surface area contributed by atoms with Gasteiger partial charge >= 0.3 is 5.97 Å². The summed E-state index contributed by atoms with van der Waals surface area (Å²) in [5.41, 5.74) is 10.4. The Morgan fingerprint density at radius 3 is 2.50 bits per heavy atom. The van der Waals surface area contributed by atoms with Gasteiger partial charge < -0.3 is 26.6 Å². The van der Waals surface area contributed by atoms with Crippen LogP contribution in [0.3, 0.4) is 0 Å². The Hall–Kier alpha value is -4.43. The number of carboxylic acids is 1. The second-order valence-electron chi connectivity index (χ2n) is 8.14. The molecule has 14 heteroatoms. The number of aromatic nitrogens is 1. The number of carboxylic acid groups (broad SMARTS) is 1. The minimum Gasteiger partial charge on any atom is -0.492 e. The maximum atomic E-state index is 12.7. The number of hydrogen-bond donors (Lipinski definition) is 5. The van der Waals surface area contributed by atoms with Gasteiger partial charge in [-0.15, -0.1) is 0 Å². The summed E-state index contributed by atoms with van der Waals surface area (Å²) in [4.78, 5) is 40.7. The van der Waals surface area contributed by atoms with Crippen LogP contribution in [0.5, 0.6) is 5.75 Å². The molecule has 202 valence electrons. The Labute approximate surface area is 218 Å². The molecule has 3 rings (SSSR count). The molecule has 0 aliphatic carbocycles. The third kappa shape index (κ3) is 7.78. The van der Waals surface area contributed by atoms with Gasteiger partial charge in [-0.05, 0) is 43.2 Å². The van der Waals surface area contributed by atoms with Gasteiger partial charge in [-0.1, -0.05) is 18.2 Å². The van der Waals surface area contributed by atoms with E-state index in [2.05, 4.69) is 15.0 Å². The highest BCUT2D eigenvalue weighted by atomic mass is 32.2. The second-order valence-corrected chi connectivity index (χ2v) is 9.85. The molecule has 2 heterocycles. The van der Waals surface area contributed by atoms with Crippen LogP contribution in [0.2, 0.25) is 0 Å². The fourth-order valence-corrected chi connectivity index (χ4v) is 4.57. The number of aliphatic carboxylic acids is 1. The van der Waals surface area contributed by atoms with Crippen molar-refractivity contribution in [3.63, 3.8) is 0 Å². The highest BCUT2D eigenvalue weighted by molar-refractivity contribution is 7.89. The molecule has 13 nitrogen and oxygen atoms in total. The standard InChI is InChI=1S/C24H28N6O7S/c25-24(26)27-10-4-5-11-37-18-9-8-17-12-16(13-21(31)30(17)15-18)22(32)28-14-20(23(33)34)29-38(35,36)19-6-2-1-3-7-19/h1-3,6-9,12-13,15,20,29H,4-5,10-11,14H2,(H,28,32)(H,33,34)(H4,25,26,27)/t20-/m0/s1. The number of pyridine rings is 2. The first-order valence-electron chi connectivity index (χ1n) is 11.5. The zero-order valence-corrected chi connectivity index (χ0v) is 21.1. The molecule has 0 saturated heterocycles. The fraction of sp³-hybridized carbons (Fsp3) is 0.250. The summed E-state index contributed by atoms with van der Waals surface area (Å²) in [5, 5.41) is 11.8. The Bertz CT molecular complexity index is 1490. The van der Waals surface area contributed by atoms with Crippen molar-refractivity contribution >= 4 is 33.4 Å². The van der Waals surface area contributed by atoms with Crippen LogP contribution in [0.15, 0.2) is 75.5 Å². The van der Waals surface area contributed by atoms with E-state index in [0.29, 0.717) is 30.8 Å². The van der Waals surface area contributed by atoms with E-state index in [0.717, 1.165) is 12.5 Å². The van der Waals surface area contributed by atoms with Gasteiger partial charge in [0.15, 0.2) is 5.96 Å². The van der Waals surface area contributed by atoms with Crippen molar-refractivity contribution in [1.82, 2.24) is 14.4 Å². The number of nitrogens with zero attached hydrogens (tertiary/aromatic N) is 2. The van der Waals surface area contributed by atoms with Gasteiger partial charge in [-0.25, -0.2) is 8.42 Å². The second kappa shape index (κ2) is 12.7. The first-order valence-corrected chi connectivity index (χ1v) is 13.0. The molecule has 0 unspecified atom stereocenters. The van der Waals surface area contributed by atoms with Crippen molar-refractivity contribution in [1.29, 1.82) is 0 Å². The molecule has 0 saturated carbocycles. The van der Waals surface area contributed by atoms with Crippen LogP contribution in [0, 0.1) is 0 Å². The number of guanidine groups is 1. The molecule has 0 spiro atoms. The van der Waals surface area contributed by atoms with E-state index in [1.54, 1.807) is 18.2 Å². The molecular formula is C24H28N6O7S. The number of unbranched alkanes of at least 4 members (excludes halogenated alkanes) is 1. The smallest absolute Gasteiger partial charge is 0.323 e. The minimum absolute atomic E-state index is 0.0153. The lowest BCUT2D eigenvalue weighted by Gasteiger charge is -2.16. The van der Waals surface area contributed by atoms with Crippen LogP contribution in [-0.4, -0.2) is 61.5 Å². The summed E-state index contributed by atoms with van der Waals surface area (Å²) in [6, 6.07) is 11.4. The van der Waals surface area contributed by atoms with E-state index in [1.807, 2.05) is 0 Å². The number of rotatable bonds is 13. The van der Waals surface area contributed by atoms with Crippen LogP contribution in [0.25, 0.3) is 5.52 Å². The summed E-state index contributed by atoms with van der Waals surface area (Å²) in [5.74, 6) is -1.74. The minimum atomic E-state index is -4.13. The fourth-order valence-electron chi connectivity index (χ4n) is 3.36. The summed E-state index contributed by atoms with van der Waals surface area (Å²) >= 11 is 0. The number of fused-ring (bicyclic) bond motifs is 1. The van der Waals surface area contributed by atoms with E-state index in [1.165, 1.54) is 40.9 Å². The van der Waals surface area contributed by atoms with E-state index < -0.39 is 40.0 Å². The van der Waals surface area contributed by atoms with Crippen LogP contribution < -0.4 is 31.8 Å². The Kier molecular flexibility index (Phi) is 9.40. The highest BCUT2D eigenvalue weighted by Crippen LogP contribution is 2.14. The molecule has 1 aromatic carbocycles.